The Balaban J connectivity index is 2.75. The standard InChI is InChI=1S/C4H6N2O3S/c7-10(8,9)4-6-2-1-5-3-6/h1-3H,4H2,(H,7,8,9). The monoisotopic (exact) mass is 162 g/mol. The molecule has 0 amide bonds. The summed E-state index contributed by atoms with van der Waals surface area (Å²) >= 11 is 0. The highest BCUT2D eigenvalue weighted by Gasteiger charge is 2.03. The minimum atomic E-state index is -3.92. The van der Waals surface area contributed by atoms with Gasteiger partial charge in [0.1, 0.15) is 0 Å². The van der Waals surface area contributed by atoms with Crippen molar-refractivity contribution in [3.05, 3.63) is 18.7 Å². The SMILES string of the molecule is O=S(=O)(O)Cn1ccnc1. The Morgan fingerprint density at radius 3 is 2.70 bits per heavy atom. The minimum absolute atomic E-state index is 0.438. The number of hydrogen-bond donors (Lipinski definition) is 1. The molecule has 1 aromatic rings. The third kappa shape index (κ3) is 2.16. The van der Waals surface area contributed by atoms with Gasteiger partial charge in [-0.3, -0.25) is 4.55 Å². The van der Waals surface area contributed by atoms with Gasteiger partial charge in [-0.05, 0) is 0 Å². The van der Waals surface area contributed by atoms with Gasteiger partial charge < -0.3 is 4.57 Å². The van der Waals surface area contributed by atoms with Crippen molar-refractivity contribution >= 4 is 10.1 Å². The molecule has 10 heavy (non-hydrogen) atoms. The average molecular weight is 162 g/mol. The summed E-state index contributed by atoms with van der Waals surface area (Å²) in [6, 6.07) is 0. The zero-order valence-corrected chi connectivity index (χ0v) is 5.82. The van der Waals surface area contributed by atoms with Crippen LogP contribution in [0.1, 0.15) is 0 Å². The van der Waals surface area contributed by atoms with E-state index in [2.05, 4.69) is 4.98 Å². The lowest BCUT2D eigenvalue weighted by atomic mass is 10.9. The molecular formula is C4H6N2O3S. The highest BCUT2D eigenvalue weighted by atomic mass is 32.2. The maximum Gasteiger partial charge on any atom is 0.283 e. The molecule has 0 bridgehead atoms. The molecule has 0 saturated carbocycles. The largest absolute Gasteiger partial charge is 0.320 e. The molecule has 0 aliphatic carbocycles. The molecule has 0 radical (unpaired) electrons. The van der Waals surface area contributed by atoms with E-state index >= 15 is 0 Å². The van der Waals surface area contributed by atoms with Crippen molar-refractivity contribution in [3.63, 3.8) is 0 Å². The summed E-state index contributed by atoms with van der Waals surface area (Å²) in [6.07, 6.45) is 4.20. The van der Waals surface area contributed by atoms with Gasteiger partial charge in [-0.2, -0.15) is 8.42 Å². The van der Waals surface area contributed by atoms with Crippen LogP contribution in [0.25, 0.3) is 0 Å². The van der Waals surface area contributed by atoms with Crippen LogP contribution in [0.15, 0.2) is 18.7 Å². The van der Waals surface area contributed by atoms with Crippen LogP contribution in [-0.2, 0) is 16.0 Å². The molecule has 0 aliphatic heterocycles. The molecule has 1 rings (SSSR count). The Kier molecular flexibility index (Phi) is 1.73. The molecule has 0 aromatic carbocycles. The van der Waals surface area contributed by atoms with Gasteiger partial charge in [0.05, 0.1) is 6.33 Å². The molecule has 0 spiro atoms. The predicted molar refractivity (Wildman–Crippen MR) is 33.8 cm³/mol. The second-order valence-electron chi connectivity index (χ2n) is 1.79. The molecule has 1 N–H and O–H groups in total. The summed E-state index contributed by atoms with van der Waals surface area (Å²) < 4.78 is 30.0. The van der Waals surface area contributed by atoms with Crippen LogP contribution < -0.4 is 0 Å². The lowest BCUT2D eigenvalue weighted by molar-refractivity contribution is 0.471. The van der Waals surface area contributed by atoms with E-state index in [1.165, 1.54) is 23.3 Å². The van der Waals surface area contributed by atoms with Gasteiger partial charge in [0.25, 0.3) is 10.1 Å². The normalized spacial score (nSPS) is 11.7. The fourth-order valence-corrected chi connectivity index (χ4v) is 1.08. The van der Waals surface area contributed by atoms with E-state index in [9.17, 15) is 8.42 Å². The van der Waals surface area contributed by atoms with Gasteiger partial charge in [-0.1, -0.05) is 0 Å². The zero-order valence-electron chi connectivity index (χ0n) is 5.01. The predicted octanol–water partition coefficient (Wildman–Crippen LogP) is -0.272. The van der Waals surface area contributed by atoms with Crippen LogP contribution in [-0.4, -0.2) is 22.5 Å². The van der Waals surface area contributed by atoms with E-state index in [-0.39, 0.29) is 0 Å². The summed E-state index contributed by atoms with van der Waals surface area (Å²) in [5, 5.41) is 0. The molecule has 0 fully saturated rings. The summed E-state index contributed by atoms with van der Waals surface area (Å²) in [5.41, 5.74) is 0. The Morgan fingerprint density at radius 2 is 2.30 bits per heavy atom. The van der Waals surface area contributed by atoms with Gasteiger partial charge in [0, 0.05) is 12.4 Å². The minimum Gasteiger partial charge on any atom is -0.320 e. The molecular weight excluding hydrogens is 156 g/mol. The fourth-order valence-electron chi connectivity index (χ4n) is 0.551. The van der Waals surface area contributed by atoms with E-state index in [4.69, 9.17) is 4.55 Å². The number of nitrogens with zero attached hydrogens (tertiary/aromatic N) is 2. The molecule has 0 atom stereocenters. The van der Waals surface area contributed by atoms with Crippen molar-refractivity contribution in [2.75, 3.05) is 0 Å². The van der Waals surface area contributed by atoms with E-state index in [0.717, 1.165) is 0 Å². The topological polar surface area (TPSA) is 72.2 Å². The highest BCUT2D eigenvalue weighted by molar-refractivity contribution is 7.84. The first-order valence-electron chi connectivity index (χ1n) is 2.49. The molecule has 6 heteroatoms. The fraction of sp³-hybridized carbons (Fsp3) is 0.250. The van der Waals surface area contributed by atoms with Gasteiger partial charge in [-0.15, -0.1) is 0 Å². The van der Waals surface area contributed by atoms with Crippen LogP contribution >= 0.6 is 0 Å². The average Bonchev–Trinajstić information content (AvgIpc) is 2.12. The quantitative estimate of drug-likeness (QED) is 0.607. The zero-order chi connectivity index (χ0) is 7.61. The number of aromatic nitrogens is 2. The lowest BCUT2D eigenvalue weighted by Crippen LogP contribution is -2.07. The molecule has 1 heterocycles. The van der Waals surface area contributed by atoms with Crippen LogP contribution in [0.3, 0.4) is 0 Å². The first-order valence-corrected chi connectivity index (χ1v) is 4.10. The Morgan fingerprint density at radius 1 is 1.60 bits per heavy atom. The van der Waals surface area contributed by atoms with Crippen molar-refractivity contribution in [1.82, 2.24) is 9.55 Å². The number of hydrogen-bond acceptors (Lipinski definition) is 3. The summed E-state index contributed by atoms with van der Waals surface area (Å²) in [5.74, 6) is -0.438. The number of rotatable bonds is 2. The van der Waals surface area contributed by atoms with Crippen LogP contribution in [0, 0.1) is 0 Å². The molecule has 1 aromatic heterocycles. The van der Waals surface area contributed by atoms with Crippen molar-refractivity contribution in [1.29, 1.82) is 0 Å². The summed E-state index contributed by atoms with van der Waals surface area (Å²) in [4.78, 5) is 3.59. The smallest absolute Gasteiger partial charge is 0.283 e. The van der Waals surface area contributed by atoms with Crippen molar-refractivity contribution < 1.29 is 13.0 Å². The van der Waals surface area contributed by atoms with E-state index in [1.54, 1.807) is 0 Å². The van der Waals surface area contributed by atoms with Gasteiger partial charge >= 0.3 is 0 Å². The van der Waals surface area contributed by atoms with E-state index in [1.807, 2.05) is 0 Å². The van der Waals surface area contributed by atoms with Gasteiger partial charge in [0.15, 0.2) is 5.88 Å². The van der Waals surface area contributed by atoms with Crippen molar-refractivity contribution in [2.24, 2.45) is 0 Å². The second kappa shape index (κ2) is 2.39. The Hall–Kier alpha value is -0.880. The van der Waals surface area contributed by atoms with E-state index in [0.29, 0.717) is 0 Å². The van der Waals surface area contributed by atoms with Crippen LogP contribution in [0.5, 0.6) is 0 Å². The highest BCUT2D eigenvalue weighted by Crippen LogP contribution is 1.90. The van der Waals surface area contributed by atoms with E-state index < -0.39 is 16.0 Å². The van der Waals surface area contributed by atoms with Crippen LogP contribution in [0.4, 0.5) is 0 Å². The molecule has 0 aliphatic rings. The Bertz CT molecular complexity index is 288. The summed E-state index contributed by atoms with van der Waals surface area (Å²) in [7, 11) is -3.92. The Labute approximate surface area is 58.1 Å². The second-order valence-corrected chi connectivity index (χ2v) is 3.21. The maximum absolute atomic E-state index is 10.2. The first-order chi connectivity index (χ1) is 4.58. The molecule has 56 valence electrons. The maximum atomic E-state index is 10.2. The molecule has 0 saturated heterocycles. The van der Waals surface area contributed by atoms with Crippen molar-refractivity contribution in [3.8, 4) is 0 Å². The third-order valence-electron chi connectivity index (χ3n) is 0.871. The van der Waals surface area contributed by atoms with Gasteiger partial charge in [0.2, 0.25) is 0 Å². The lowest BCUT2D eigenvalue weighted by Gasteiger charge is -1.95. The van der Waals surface area contributed by atoms with Crippen LogP contribution in [0.2, 0.25) is 0 Å². The first kappa shape index (κ1) is 7.23. The van der Waals surface area contributed by atoms with Gasteiger partial charge in [-0.25, -0.2) is 4.98 Å². The van der Waals surface area contributed by atoms with Crippen molar-refractivity contribution in [2.45, 2.75) is 5.88 Å². The molecule has 0 unspecified atom stereocenters. The third-order valence-corrected chi connectivity index (χ3v) is 1.50. The molecule has 5 nitrogen and oxygen atoms in total. The number of imidazole rings is 1. The summed E-state index contributed by atoms with van der Waals surface area (Å²) in [6.45, 7) is 0.